The number of nitrogens with zero attached hydrogens (tertiary/aromatic N) is 1. The molecule has 1 rings (SSSR count). The van der Waals surface area contributed by atoms with Crippen LogP contribution < -0.4 is 5.32 Å². The van der Waals surface area contributed by atoms with Crippen molar-refractivity contribution in [3.05, 3.63) is 24.4 Å². The van der Waals surface area contributed by atoms with Crippen molar-refractivity contribution in [1.29, 1.82) is 0 Å². The molecule has 1 aliphatic heterocycles. The van der Waals surface area contributed by atoms with Gasteiger partial charge in [0.05, 0.1) is 6.54 Å². The highest BCUT2D eigenvalue weighted by atomic mass is 16.6. The van der Waals surface area contributed by atoms with E-state index < -0.39 is 28.9 Å². The smallest absolute Gasteiger partial charge is 0.414 e. The predicted octanol–water partition coefficient (Wildman–Crippen LogP) is 2.77. The van der Waals surface area contributed by atoms with Gasteiger partial charge in [0.1, 0.15) is 16.7 Å². The van der Waals surface area contributed by atoms with E-state index in [9.17, 15) is 14.4 Å². The Morgan fingerprint density at radius 1 is 1.08 bits per heavy atom. The van der Waals surface area contributed by atoms with E-state index in [-0.39, 0.29) is 6.54 Å². The van der Waals surface area contributed by atoms with Gasteiger partial charge in [-0.3, -0.25) is 4.90 Å². The summed E-state index contributed by atoms with van der Waals surface area (Å²) in [5.41, 5.74) is -2.78. The van der Waals surface area contributed by atoms with Crippen LogP contribution in [0.3, 0.4) is 0 Å². The second-order valence-corrected chi connectivity index (χ2v) is 7.59. The quantitative estimate of drug-likeness (QED) is 0.783. The zero-order valence-electron chi connectivity index (χ0n) is 15.1. The van der Waals surface area contributed by atoms with E-state index in [0.717, 1.165) is 0 Å². The molecule has 1 atom stereocenters. The minimum Gasteiger partial charge on any atom is -0.444 e. The molecule has 0 saturated heterocycles. The molecule has 0 spiro atoms. The number of nitrogens with one attached hydrogen (secondary N) is 1. The van der Waals surface area contributed by atoms with Crippen LogP contribution in [0.2, 0.25) is 0 Å². The van der Waals surface area contributed by atoms with Crippen molar-refractivity contribution in [2.75, 3.05) is 6.54 Å². The van der Waals surface area contributed by atoms with Gasteiger partial charge >= 0.3 is 12.2 Å². The van der Waals surface area contributed by atoms with Gasteiger partial charge in [0, 0.05) is 6.20 Å². The average Bonchev–Trinajstić information content (AvgIpc) is 2.57. The number of allylic oxidation sites excluding steroid dienone is 2. The van der Waals surface area contributed by atoms with Gasteiger partial charge in [0.25, 0.3) is 0 Å². The predicted molar refractivity (Wildman–Crippen MR) is 89.4 cm³/mol. The first-order valence-electron chi connectivity index (χ1n) is 7.69. The van der Waals surface area contributed by atoms with Gasteiger partial charge in [-0.15, -0.1) is 0 Å². The van der Waals surface area contributed by atoms with Crippen molar-refractivity contribution in [1.82, 2.24) is 10.2 Å². The summed E-state index contributed by atoms with van der Waals surface area (Å²) in [6.45, 7) is 10.3. The average molecular weight is 338 g/mol. The van der Waals surface area contributed by atoms with Gasteiger partial charge in [-0.05, 0) is 47.6 Å². The molecule has 0 aromatic rings. The van der Waals surface area contributed by atoms with Crippen LogP contribution in [0.1, 0.15) is 41.5 Å². The number of carbonyl (C=O) groups is 3. The van der Waals surface area contributed by atoms with Crippen LogP contribution in [-0.4, -0.2) is 46.7 Å². The molecule has 7 nitrogen and oxygen atoms in total. The molecule has 0 radical (unpaired) electrons. The molecule has 7 heteroatoms. The highest BCUT2D eigenvalue weighted by molar-refractivity contribution is 5.80. The highest BCUT2D eigenvalue weighted by Crippen LogP contribution is 2.17. The first-order chi connectivity index (χ1) is 10.9. The minimum atomic E-state index is -1.40. The fourth-order valence-corrected chi connectivity index (χ4v) is 1.89. The lowest BCUT2D eigenvalue weighted by molar-refractivity contribution is -0.112. The fraction of sp³-hybridized carbons (Fsp3) is 0.588. The molecule has 134 valence electrons. The molecular formula is C17H26N2O5. The van der Waals surface area contributed by atoms with Gasteiger partial charge < -0.3 is 19.6 Å². The van der Waals surface area contributed by atoms with Gasteiger partial charge in [-0.25, -0.2) is 9.59 Å². The molecule has 1 aliphatic rings. The maximum Gasteiger partial charge on any atom is 0.414 e. The molecule has 0 aromatic heterocycles. The topological polar surface area (TPSA) is 84.9 Å². The molecular weight excluding hydrogens is 312 g/mol. The van der Waals surface area contributed by atoms with Gasteiger partial charge in [0.2, 0.25) is 0 Å². The minimum absolute atomic E-state index is 0.0995. The monoisotopic (exact) mass is 338 g/mol. The summed E-state index contributed by atoms with van der Waals surface area (Å²) in [5, 5.41) is 2.52. The Hall–Kier alpha value is -2.31. The number of amides is 2. The molecule has 1 heterocycles. The lowest BCUT2D eigenvalue weighted by atomic mass is 10.0. The zero-order valence-corrected chi connectivity index (χ0v) is 15.1. The summed E-state index contributed by atoms with van der Waals surface area (Å²) < 4.78 is 10.5. The Kier molecular flexibility index (Phi) is 5.81. The molecule has 2 amide bonds. The molecule has 0 saturated carbocycles. The number of hydrogen-bond acceptors (Lipinski definition) is 5. The number of rotatable bonds is 2. The molecule has 24 heavy (non-hydrogen) atoms. The van der Waals surface area contributed by atoms with E-state index in [4.69, 9.17) is 9.47 Å². The Morgan fingerprint density at radius 2 is 1.67 bits per heavy atom. The normalized spacial score (nSPS) is 21.0. The number of hydrogen-bond donors (Lipinski definition) is 1. The van der Waals surface area contributed by atoms with Crippen LogP contribution in [0.15, 0.2) is 24.4 Å². The second-order valence-electron chi connectivity index (χ2n) is 7.59. The Morgan fingerprint density at radius 3 is 2.17 bits per heavy atom. The van der Waals surface area contributed by atoms with Crippen LogP contribution in [0.5, 0.6) is 0 Å². The third-order valence-corrected chi connectivity index (χ3v) is 2.77. The second kappa shape index (κ2) is 7.07. The van der Waals surface area contributed by atoms with Crippen molar-refractivity contribution < 1.29 is 23.9 Å². The largest absolute Gasteiger partial charge is 0.444 e. The summed E-state index contributed by atoms with van der Waals surface area (Å²) in [5.74, 6) is 0. The fourth-order valence-electron chi connectivity index (χ4n) is 1.89. The third kappa shape index (κ3) is 6.44. The van der Waals surface area contributed by atoms with Crippen LogP contribution in [0, 0.1) is 0 Å². The van der Waals surface area contributed by atoms with Gasteiger partial charge in [-0.2, -0.15) is 0 Å². The molecule has 0 aromatic carbocycles. The van der Waals surface area contributed by atoms with E-state index in [2.05, 4.69) is 5.32 Å². The molecule has 0 bridgehead atoms. The maximum atomic E-state index is 12.2. The van der Waals surface area contributed by atoms with E-state index in [1.54, 1.807) is 53.7 Å². The number of carbonyl (C=O) groups excluding carboxylic acids is 3. The third-order valence-electron chi connectivity index (χ3n) is 2.77. The summed E-state index contributed by atoms with van der Waals surface area (Å²) in [4.78, 5) is 37.2. The van der Waals surface area contributed by atoms with Crippen LogP contribution in [0.4, 0.5) is 9.59 Å². The van der Waals surface area contributed by atoms with E-state index in [1.807, 2.05) is 0 Å². The van der Waals surface area contributed by atoms with Crippen molar-refractivity contribution in [2.24, 2.45) is 0 Å². The highest BCUT2D eigenvalue weighted by Gasteiger charge is 2.36. The zero-order chi connectivity index (χ0) is 18.6. The van der Waals surface area contributed by atoms with E-state index in [0.29, 0.717) is 6.29 Å². The lowest BCUT2D eigenvalue weighted by Crippen LogP contribution is -2.56. The number of alkyl carbamates (subject to hydrolysis) is 1. The summed E-state index contributed by atoms with van der Waals surface area (Å²) in [7, 11) is 0. The molecule has 1 N–H and O–H groups in total. The maximum absolute atomic E-state index is 12.2. The Labute approximate surface area is 142 Å². The molecule has 0 fully saturated rings. The summed E-state index contributed by atoms with van der Waals surface area (Å²) in [6, 6.07) is 0. The Balaban J connectivity index is 2.92. The first-order valence-corrected chi connectivity index (χ1v) is 7.69. The van der Waals surface area contributed by atoms with Crippen LogP contribution in [-0.2, 0) is 14.3 Å². The standard InChI is InChI=1S/C17H26N2O5/c1-15(2,3)23-13(21)18-17(12-20)9-7-8-10-19(11-17)14(22)24-16(4,5)6/h7-10,12H,11H2,1-6H3,(H,18,21)/t17-/m0/s1. The van der Waals surface area contributed by atoms with Crippen LogP contribution >= 0.6 is 0 Å². The van der Waals surface area contributed by atoms with Crippen molar-refractivity contribution in [2.45, 2.75) is 58.3 Å². The molecule has 0 unspecified atom stereocenters. The van der Waals surface area contributed by atoms with Gasteiger partial charge in [-0.1, -0.05) is 12.2 Å². The van der Waals surface area contributed by atoms with Crippen LogP contribution in [0.25, 0.3) is 0 Å². The van der Waals surface area contributed by atoms with Crippen molar-refractivity contribution in [3.8, 4) is 0 Å². The summed E-state index contributed by atoms with van der Waals surface area (Å²) >= 11 is 0. The van der Waals surface area contributed by atoms with Gasteiger partial charge in [0.15, 0.2) is 6.29 Å². The molecule has 0 aliphatic carbocycles. The van der Waals surface area contributed by atoms with E-state index in [1.165, 1.54) is 17.2 Å². The lowest BCUT2D eigenvalue weighted by Gasteiger charge is -2.32. The first kappa shape index (κ1) is 19.7. The van der Waals surface area contributed by atoms with Crippen molar-refractivity contribution in [3.63, 3.8) is 0 Å². The number of aldehydes is 1. The van der Waals surface area contributed by atoms with E-state index >= 15 is 0 Å². The Bertz CT molecular complexity index is 554. The SMILES string of the molecule is CC(C)(C)OC(=O)N[C@@]1(C=O)C=CC=CN(C(=O)OC(C)(C)C)C1. The summed E-state index contributed by atoms with van der Waals surface area (Å²) in [6.07, 6.45) is 5.38. The number of ether oxygens (including phenoxy) is 2. The van der Waals surface area contributed by atoms with Crippen molar-refractivity contribution >= 4 is 18.5 Å².